The average molecular weight is 920 g/mol. The minimum absolute atomic E-state index is 0.0491. The molecule has 0 bridgehead atoms. The van der Waals surface area contributed by atoms with Crippen LogP contribution in [0.25, 0.3) is 0 Å². The fraction of sp³-hybridized carbons (Fsp3) is 0.634. The van der Waals surface area contributed by atoms with Gasteiger partial charge in [0.05, 0.1) is 19.1 Å². The normalized spacial score (nSPS) is 26.9. The zero-order valence-corrected chi connectivity index (χ0v) is 37.7. The van der Waals surface area contributed by atoms with Gasteiger partial charge in [-0.3, -0.25) is 43.2 Å². The van der Waals surface area contributed by atoms with E-state index in [4.69, 9.17) is 10.5 Å². The van der Waals surface area contributed by atoms with E-state index in [1.165, 1.54) is 22.6 Å². The molecule has 3 heterocycles. The third-order valence-corrected chi connectivity index (χ3v) is 13.4. The van der Waals surface area contributed by atoms with Gasteiger partial charge in [0.1, 0.15) is 48.0 Å². The molecule has 10 N–H and O–H groups in total. The maximum Gasteiger partial charge on any atom is 0.246 e. The molecule has 3 aliphatic heterocycles. The maximum absolute atomic E-state index is 14.3. The van der Waals surface area contributed by atoms with Crippen molar-refractivity contribution in [3.05, 3.63) is 29.8 Å². The maximum atomic E-state index is 14.3. The van der Waals surface area contributed by atoms with Gasteiger partial charge < -0.3 is 57.7 Å². The molecule has 0 spiro atoms. The van der Waals surface area contributed by atoms with Crippen LogP contribution in [0.4, 0.5) is 0 Å². The molecule has 0 unspecified atom stereocenters. The molecule has 348 valence electrons. The number of aliphatic hydroxyl groups excluding tert-OH is 1. The molecule has 0 radical (unpaired) electrons. The Labute approximate surface area is 374 Å². The van der Waals surface area contributed by atoms with Crippen LogP contribution in [0.15, 0.2) is 24.3 Å². The molecule has 0 aliphatic carbocycles. The molecule has 1 aromatic carbocycles. The topological polar surface area (TPSA) is 297 Å². The monoisotopic (exact) mass is 919 g/mol. The number of hydrogen-bond acceptors (Lipinski definition) is 13. The minimum Gasteiger partial charge on any atom is -0.494 e. The van der Waals surface area contributed by atoms with Crippen LogP contribution in [-0.4, -0.2) is 143 Å². The van der Waals surface area contributed by atoms with Gasteiger partial charge in [0, 0.05) is 37.4 Å². The smallest absolute Gasteiger partial charge is 0.246 e. The van der Waals surface area contributed by atoms with Gasteiger partial charge in [-0.25, -0.2) is 0 Å². The van der Waals surface area contributed by atoms with Crippen molar-refractivity contribution in [3.63, 3.8) is 0 Å². The Morgan fingerprint density at radius 1 is 0.857 bits per heavy atom. The lowest BCUT2D eigenvalue weighted by molar-refractivity contribution is -0.142. The van der Waals surface area contributed by atoms with Crippen molar-refractivity contribution in [2.75, 3.05) is 31.2 Å². The molecule has 22 heteroatoms. The number of rotatable bonds is 12. The van der Waals surface area contributed by atoms with Crippen LogP contribution in [0.5, 0.6) is 5.75 Å². The highest BCUT2D eigenvalue weighted by atomic mass is 33.1. The van der Waals surface area contributed by atoms with Crippen molar-refractivity contribution in [1.29, 1.82) is 0 Å². The Morgan fingerprint density at radius 2 is 1.54 bits per heavy atom. The Bertz CT molecular complexity index is 1820. The number of primary amides is 1. The van der Waals surface area contributed by atoms with Gasteiger partial charge in [0.2, 0.25) is 53.2 Å². The van der Waals surface area contributed by atoms with Gasteiger partial charge in [0.15, 0.2) is 0 Å². The number of carbonyl (C=O) groups is 9. The number of nitrogens with one attached hydrogen (secondary N) is 7. The number of nitrogens with two attached hydrogens (primary N) is 1. The average Bonchev–Trinajstić information content (AvgIpc) is 3.74. The molecule has 3 aliphatic rings. The van der Waals surface area contributed by atoms with Crippen LogP contribution in [0.2, 0.25) is 0 Å². The summed E-state index contributed by atoms with van der Waals surface area (Å²) in [5.74, 6) is -6.30. The highest BCUT2D eigenvalue weighted by Gasteiger charge is 2.41. The van der Waals surface area contributed by atoms with Crippen LogP contribution in [0, 0.1) is 5.92 Å². The molecule has 0 aromatic heterocycles. The van der Waals surface area contributed by atoms with E-state index in [1.54, 1.807) is 38.1 Å². The lowest BCUT2D eigenvalue weighted by atomic mass is 9.96. The molecular weight excluding hydrogens is 859 g/mol. The lowest BCUT2D eigenvalue weighted by Gasteiger charge is -2.31. The van der Waals surface area contributed by atoms with Crippen LogP contribution in [-0.2, 0) is 49.6 Å². The zero-order valence-electron chi connectivity index (χ0n) is 36.1. The SMILES string of the molecule is CCOc1ccc(C[C@H]2NC(=O)CCSSC[C@@H](C(=O)N3CCC[C@H]3C(=O)N[C@H]3CCCNC3=O)NC(=O)[C@H](CC(N)=O)NC(=O)[C@H]([C@@H](C)O)NC(=O)[C@H]([C@H](C)CC)NC2=O)cc1. The Kier molecular flexibility index (Phi) is 19.8. The summed E-state index contributed by atoms with van der Waals surface area (Å²) in [6.45, 7) is 7.67. The first kappa shape index (κ1) is 50.6. The summed E-state index contributed by atoms with van der Waals surface area (Å²) in [5.41, 5.74) is 6.17. The van der Waals surface area contributed by atoms with Gasteiger partial charge in [-0.2, -0.15) is 0 Å². The first-order valence-corrected chi connectivity index (χ1v) is 23.8. The third kappa shape index (κ3) is 15.0. The fourth-order valence-corrected chi connectivity index (χ4v) is 9.46. The quantitative estimate of drug-likeness (QED) is 0.108. The van der Waals surface area contributed by atoms with Gasteiger partial charge in [0.25, 0.3) is 0 Å². The Balaban J connectivity index is 1.64. The number of benzene rings is 1. The summed E-state index contributed by atoms with van der Waals surface area (Å²) in [4.78, 5) is 123. The Hall–Kier alpha value is -5.09. The summed E-state index contributed by atoms with van der Waals surface area (Å²) < 4.78 is 5.53. The molecule has 4 rings (SSSR count). The van der Waals surface area contributed by atoms with E-state index >= 15 is 0 Å². The van der Waals surface area contributed by atoms with Crippen molar-refractivity contribution in [2.45, 2.75) is 127 Å². The van der Waals surface area contributed by atoms with Crippen molar-refractivity contribution in [2.24, 2.45) is 11.7 Å². The predicted molar refractivity (Wildman–Crippen MR) is 234 cm³/mol. The first-order chi connectivity index (χ1) is 30.0. The van der Waals surface area contributed by atoms with E-state index < -0.39 is 108 Å². The summed E-state index contributed by atoms with van der Waals surface area (Å²) >= 11 is 0. The van der Waals surface area contributed by atoms with Crippen molar-refractivity contribution in [3.8, 4) is 5.75 Å². The molecule has 3 saturated heterocycles. The molecule has 1 aromatic rings. The molecule has 9 atom stereocenters. The zero-order chi connectivity index (χ0) is 46.2. The largest absolute Gasteiger partial charge is 0.494 e. The highest BCUT2D eigenvalue weighted by molar-refractivity contribution is 8.76. The molecule has 63 heavy (non-hydrogen) atoms. The van der Waals surface area contributed by atoms with Crippen LogP contribution < -0.4 is 47.7 Å². The second-order valence-electron chi connectivity index (χ2n) is 15.8. The number of carbonyl (C=O) groups excluding carboxylic acids is 9. The highest BCUT2D eigenvalue weighted by Crippen LogP contribution is 2.26. The first-order valence-electron chi connectivity index (χ1n) is 21.3. The van der Waals surface area contributed by atoms with Gasteiger partial charge in [-0.05, 0) is 63.1 Å². The second kappa shape index (κ2) is 24.7. The predicted octanol–water partition coefficient (Wildman–Crippen LogP) is -1.47. The number of amides is 9. The summed E-state index contributed by atoms with van der Waals surface area (Å²) in [5, 5.41) is 29.2. The number of aliphatic hydroxyl groups is 1. The van der Waals surface area contributed by atoms with E-state index in [9.17, 15) is 48.3 Å². The standard InChI is InChI=1S/C41H61N9O11S2/c1-5-22(3)33-39(58)49-34(23(4)51)40(59)46-28(20-31(42)52)36(55)47-29(41(60)50-17-8-10-30(50)38(57)45-26-9-7-16-43-35(26)54)21-63-62-18-15-32(53)44-27(37(56)48-33)19-24-11-13-25(14-12-24)61-6-2/h11-14,22-23,26-30,33-34,51H,5-10,15-21H2,1-4H3,(H2,42,52)(H,43,54)(H,44,53)(H,45,57)(H,46,59)(H,47,55)(H,48,56)(H,49,58)/t22-,23-,26+,27-,28+,29+,30+,33+,34+/m1/s1. The van der Waals surface area contributed by atoms with Gasteiger partial charge in [-0.15, -0.1) is 0 Å². The molecular formula is C41H61N9O11S2. The van der Waals surface area contributed by atoms with Gasteiger partial charge >= 0.3 is 0 Å². The number of likely N-dealkylation sites (tertiary alicyclic amines) is 1. The van der Waals surface area contributed by atoms with E-state index in [0.717, 1.165) is 10.8 Å². The summed E-state index contributed by atoms with van der Waals surface area (Å²) in [6, 6.07) is -1.81. The second-order valence-corrected chi connectivity index (χ2v) is 18.5. The molecule has 20 nitrogen and oxygen atoms in total. The van der Waals surface area contributed by atoms with Crippen LogP contribution >= 0.6 is 21.6 Å². The van der Waals surface area contributed by atoms with Crippen LogP contribution in [0.3, 0.4) is 0 Å². The third-order valence-electron chi connectivity index (χ3n) is 11.0. The van der Waals surface area contributed by atoms with E-state index in [-0.39, 0.29) is 36.8 Å². The lowest BCUT2D eigenvalue weighted by Crippen LogP contribution is -2.63. The molecule has 9 amide bonds. The number of hydrogen-bond donors (Lipinski definition) is 9. The van der Waals surface area contributed by atoms with E-state index in [0.29, 0.717) is 56.6 Å². The van der Waals surface area contributed by atoms with E-state index in [1.807, 2.05) is 6.92 Å². The number of ether oxygens (including phenoxy) is 1. The molecule has 3 fully saturated rings. The Morgan fingerprint density at radius 3 is 2.19 bits per heavy atom. The summed E-state index contributed by atoms with van der Waals surface area (Å²) in [6.07, 6.45) is -0.0303. The van der Waals surface area contributed by atoms with Crippen molar-refractivity contribution < 1.29 is 53.0 Å². The van der Waals surface area contributed by atoms with Crippen LogP contribution in [0.1, 0.15) is 78.2 Å². The summed E-state index contributed by atoms with van der Waals surface area (Å²) in [7, 11) is 2.35. The number of piperidine rings is 1. The fourth-order valence-electron chi connectivity index (χ4n) is 7.31. The van der Waals surface area contributed by atoms with Gasteiger partial charge in [-0.1, -0.05) is 54.0 Å². The van der Waals surface area contributed by atoms with Crippen molar-refractivity contribution >= 4 is 74.8 Å². The van der Waals surface area contributed by atoms with E-state index in [2.05, 4.69) is 37.2 Å². The molecule has 0 saturated carbocycles. The van der Waals surface area contributed by atoms with Crippen molar-refractivity contribution in [1.82, 2.24) is 42.1 Å². The minimum atomic E-state index is -1.70. The number of nitrogens with zero attached hydrogens (tertiary/aromatic N) is 1.